The first-order chi connectivity index (χ1) is 13.4. The largest absolute Gasteiger partial charge is 0.352 e. The highest BCUT2D eigenvalue weighted by Crippen LogP contribution is 2.22. The molecule has 2 aromatic rings. The van der Waals surface area contributed by atoms with Gasteiger partial charge in [0.15, 0.2) is 0 Å². The third kappa shape index (κ3) is 4.68. The SMILES string of the molecule is C[C@@H]1CC[C@@H](NC(N)=O)C(=O)N1Cc1cc(C#Cc2ccccc2)ccc1F. The standard InChI is InChI=1S/C22H22FN3O2/c1-15-7-12-20(25-22(24)28)21(27)26(15)14-18-13-17(10-11-19(18)23)9-8-16-5-3-2-4-6-16/h2-6,10-11,13,15,20H,7,12,14H2,1H3,(H3,24,25,28)/t15-,20-/m1/s1. The molecule has 2 atom stereocenters. The van der Waals surface area contributed by atoms with Crippen LogP contribution in [-0.2, 0) is 11.3 Å². The van der Waals surface area contributed by atoms with Crippen LogP contribution in [0.15, 0.2) is 48.5 Å². The van der Waals surface area contributed by atoms with E-state index in [1.165, 1.54) is 6.07 Å². The summed E-state index contributed by atoms with van der Waals surface area (Å²) in [6.45, 7) is 2.03. The Morgan fingerprint density at radius 1 is 1.18 bits per heavy atom. The van der Waals surface area contributed by atoms with Crippen LogP contribution in [0.1, 0.15) is 36.5 Å². The molecule has 2 aromatic carbocycles. The van der Waals surface area contributed by atoms with Gasteiger partial charge in [-0.25, -0.2) is 9.18 Å². The summed E-state index contributed by atoms with van der Waals surface area (Å²) >= 11 is 0. The number of halogens is 1. The molecular weight excluding hydrogens is 357 g/mol. The van der Waals surface area contributed by atoms with Gasteiger partial charge in [0.2, 0.25) is 5.91 Å². The highest BCUT2D eigenvalue weighted by molar-refractivity contribution is 5.87. The van der Waals surface area contributed by atoms with Gasteiger partial charge in [-0.3, -0.25) is 4.79 Å². The van der Waals surface area contributed by atoms with Gasteiger partial charge in [0.05, 0.1) is 0 Å². The Bertz CT molecular complexity index is 934. The average molecular weight is 379 g/mol. The Labute approximate surface area is 163 Å². The molecule has 3 N–H and O–H groups in total. The van der Waals surface area contributed by atoms with E-state index in [0.29, 0.717) is 24.0 Å². The molecule has 1 fully saturated rings. The van der Waals surface area contributed by atoms with Crippen LogP contribution in [0.2, 0.25) is 0 Å². The molecule has 28 heavy (non-hydrogen) atoms. The number of nitrogens with one attached hydrogen (secondary N) is 1. The minimum Gasteiger partial charge on any atom is -0.352 e. The van der Waals surface area contributed by atoms with Crippen molar-refractivity contribution in [1.29, 1.82) is 0 Å². The van der Waals surface area contributed by atoms with Gasteiger partial charge in [0.1, 0.15) is 11.9 Å². The van der Waals surface area contributed by atoms with Gasteiger partial charge in [-0.2, -0.15) is 0 Å². The molecule has 0 spiro atoms. The van der Waals surface area contributed by atoms with Crippen LogP contribution in [0.4, 0.5) is 9.18 Å². The van der Waals surface area contributed by atoms with Gasteiger partial charge in [-0.15, -0.1) is 0 Å². The second-order valence-electron chi connectivity index (χ2n) is 6.88. The summed E-state index contributed by atoms with van der Waals surface area (Å²) in [5.74, 6) is 5.43. The number of hydrogen-bond donors (Lipinski definition) is 2. The smallest absolute Gasteiger partial charge is 0.312 e. The molecule has 0 aromatic heterocycles. The Morgan fingerprint density at radius 3 is 2.61 bits per heavy atom. The second-order valence-corrected chi connectivity index (χ2v) is 6.88. The highest BCUT2D eigenvalue weighted by Gasteiger charge is 2.34. The Hall–Kier alpha value is -3.33. The summed E-state index contributed by atoms with van der Waals surface area (Å²) in [7, 11) is 0. The van der Waals surface area contributed by atoms with Crippen LogP contribution in [0.3, 0.4) is 0 Å². The molecule has 3 rings (SSSR count). The van der Waals surface area contributed by atoms with Crippen molar-refractivity contribution in [3.05, 3.63) is 71.0 Å². The van der Waals surface area contributed by atoms with Gasteiger partial charge in [-0.05, 0) is 50.1 Å². The molecular formula is C22H22FN3O2. The molecule has 1 saturated heterocycles. The zero-order valence-electron chi connectivity index (χ0n) is 15.6. The second kappa shape index (κ2) is 8.57. The van der Waals surface area contributed by atoms with Crippen molar-refractivity contribution >= 4 is 11.9 Å². The number of likely N-dealkylation sites (tertiary alicyclic amines) is 1. The van der Waals surface area contributed by atoms with Crippen LogP contribution in [0, 0.1) is 17.7 Å². The maximum atomic E-state index is 14.4. The normalized spacial score (nSPS) is 18.9. The Kier molecular flexibility index (Phi) is 5.95. The number of nitrogens with zero attached hydrogens (tertiary/aromatic N) is 1. The molecule has 1 aliphatic rings. The quantitative estimate of drug-likeness (QED) is 0.805. The average Bonchev–Trinajstić information content (AvgIpc) is 2.68. The summed E-state index contributed by atoms with van der Waals surface area (Å²) in [6, 6.07) is 12.7. The van der Waals surface area contributed by atoms with Crippen molar-refractivity contribution in [1.82, 2.24) is 10.2 Å². The van der Waals surface area contributed by atoms with Crippen molar-refractivity contribution in [3.8, 4) is 11.8 Å². The van der Waals surface area contributed by atoms with E-state index in [9.17, 15) is 14.0 Å². The first-order valence-electron chi connectivity index (χ1n) is 9.16. The van der Waals surface area contributed by atoms with Gasteiger partial charge in [0.25, 0.3) is 0 Å². The predicted octanol–water partition coefficient (Wildman–Crippen LogP) is 2.77. The number of piperidine rings is 1. The first kappa shape index (κ1) is 19.4. The van der Waals surface area contributed by atoms with Gasteiger partial charge < -0.3 is 16.0 Å². The number of rotatable bonds is 3. The van der Waals surface area contributed by atoms with Crippen LogP contribution in [-0.4, -0.2) is 28.9 Å². The van der Waals surface area contributed by atoms with Gasteiger partial charge in [-0.1, -0.05) is 30.0 Å². The number of hydrogen-bond acceptors (Lipinski definition) is 2. The summed E-state index contributed by atoms with van der Waals surface area (Å²) < 4.78 is 14.4. The molecule has 144 valence electrons. The lowest BCUT2D eigenvalue weighted by molar-refractivity contribution is -0.139. The minimum atomic E-state index is -0.739. The fourth-order valence-corrected chi connectivity index (χ4v) is 3.27. The molecule has 1 aliphatic heterocycles. The highest BCUT2D eigenvalue weighted by atomic mass is 19.1. The molecule has 0 radical (unpaired) electrons. The van der Waals surface area contributed by atoms with Crippen molar-refractivity contribution in [2.75, 3.05) is 0 Å². The molecule has 0 aliphatic carbocycles. The lowest BCUT2D eigenvalue weighted by Gasteiger charge is -2.37. The fourth-order valence-electron chi connectivity index (χ4n) is 3.27. The Balaban J connectivity index is 1.80. The van der Waals surface area contributed by atoms with E-state index in [2.05, 4.69) is 17.2 Å². The number of urea groups is 1. The maximum Gasteiger partial charge on any atom is 0.312 e. The zero-order chi connectivity index (χ0) is 20.1. The van der Waals surface area contributed by atoms with Gasteiger partial charge in [0, 0.05) is 29.3 Å². The van der Waals surface area contributed by atoms with Crippen molar-refractivity contribution in [3.63, 3.8) is 0 Å². The van der Waals surface area contributed by atoms with Crippen LogP contribution in [0.25, 0.3) is 0 Å². The summed E-state index contributed by atoms with van der Waals surface area (Å²) in [6.07, 6.45) is 1.22. The van der Waals surface area contributed by atoms with Crippen LogP contribution >= 0.6 is 0 Å². The molecule has 0 unspecified atom stereocenters. The molecule has 1 heterocycles. The molecule has 0 saturated carbocycles. The molecule has 3 amide bonds. The zero-order valence-corrected chi connectivity index (χ0v) is 15.6. The lowest BCUT2D eigenvalue weighted by Crippen LogP contribution is -2.55. The van der Waals surface area contributed by atoms with E-state index in [4.69, 9.17) is 5.73 Å². The molecule has 5 nitrogen and oxygen atoms in total. The topological polar surface area (TPSA) is 75.4 Å². The number of benzene rings is 2. The number of nitrogens with two attached hydrogens (primary N) is 1. The van der Waals surface area contributed by atoms with Crippen molar-refractivity contribution in [2.45, 2.75) is 38.4 Å². The summed E-state index contributed by atoms with van der Waals surface area (Å²) in [4.78, 5) is 25.4. The monoisotopic (exact) mass is 379 g/mol. The third-order valence-corrected chi connectivity index (χ3v) is 4.81. The lowest BCUT2D eigenvalue weighted by atomic mass is 9.97. The van der Waals surface area contributed by atoms with Crippen molar-refractivity contribution in [2.24, 2.45) is 5.73 Å². The number of primary amides is 1. The van der Waals surface area contributed by atoms with E-state index in [0.717, 1.165) is 5.56 Å². The van der Waals surface area contributed by atoms with Gasteiger partial charge >= 0.3 is 6.03 Å². The fraction of sp³-hybridized carbons (Fsp3) is 0.273. The van der Waals surface area contributed by atoms with E-state index in [1.54, 1.807) is 17.0 Å². The summed E-state index contributed by atoms with van der Waals surface area (Å²) in [5, 5.41) is 2.46. The predicted molar refractivity (Wildman–Crippen MR) is 105 cm³/mol. The number of carbonyl (C=O) groups excluding carboxylic acids is 2. The van der Waals surface area contributed by atoms with E-state index in [1.807, 2.05) is 37.3 Å². The number of amides is 3. The minimum absolute atomic E-state index is 0.0584. The van der Waals surface area contributed by atoms with Crippen LogP contribution in [0.5, 0.6) is 0 Å². The third-order valence-electron chi connectivity index (χ3n) is 4.81. The Morgan fingerprint density at radius 2 is 1.89 bits per heavy atom. The molecule has 6 heteroatoms. The number of carbonyl (C=O) groups is 2. The van der Waals surface area contributed by atoms with E-state index >= 15 is 0 Å². The van der Waals surface area contributed by atoms with E-state index < -0.39 is 17.9 Å². The van der Waals surface area contributed by atoms with E-state index in [-0.39, 0.29) is 18.5 Å². The maximum absolute atomic E-state index is 14.4. The summed E-state index contributed by atoms with van der Waals surface area (Å²) in [5.41, 5.74) is 7.08. The van der Waals surface area contributed by atoms with Crippen LogP contribution < -0.4 is 11.1 Å². The first-order valence-corrected chi connectivity index (χ1v) is 9.16. The molecule has 0 bridgehead atoms. The van der Waals surface area contributed by atoms with Crippen molar-refractivity contribution < 1.29 is 14.0 Å².